The maximum absolute atomic E-state index is 10.8. The second kappa shape index (κ2) is 3.64. The number of hydrogen-bond donors (Lipinski definition) is 2. The van der Waals surface area contributed by atoms with Crippen molar-refractivity contribution in [2.75, 3.05) is 19.6 Å². The first-order valence-electron chi connectivity index (χ1n) is 4.77. The Kier molecular flexibility index (Phi) is 2.93. The zero-order valence-corrected chi connectivity index (χ0v) is 8.42. The van der Waals surface area contributed by atoms with E-state index < -0.39 is 0 Å². The molecule has 0 aromatic carbocycles. The summed E-state index contributed by atoms with van der Waals surface area (Å²) in [6.07, 6.45) is 0.994. The molecule has 4 heteroatoms. The molecule has 0 aliphatic carbocycles. The number of primary amides is 1. The van der Waals surface area contributed by atoms with Gasteiger partial charge in [-0.05, 0) is 6.42 Å². The Bertz CT molecular complexity index is 199. The van der Waals surface area contributed by atoms with Crippen molar-refractivity contribution in [2.45, 2.75) is 25.8 Å². The summed E-state index contributed by atoms with van der Waals surface area (Å²) in [6.45, 7) is 6.47. The fourth-order valence-corrected chi connectivity index (χ4v) is 1.67. The summed E-state index contributed by atoms with van der Waals surface area (Å²) in [5, 5.41) is 0. The minimum atomic E-state index is -0.231. The first kappa shape index (κ1) is 10.5. The van der Waals surface area contributed by atoms with Crippen molar-refractivity contribution in [3.8, 4) is 0 Å². The number of carbonyl (C=O) groups is 1. The molecule has 0 radical (unpaired) electrons. The zero-order chi connectivity index (χ0) is 10.1. The van der Waals surface area contributed by atoms with Crippen LogP contribution in [0.4, 0.5) is 0 Å². The van der Waals surface area contributed by atoms with E-state index in [0.29, 0.717) is 0 Å². The maximum Gasteiger partial charge on any atom is 0.221 e. The molecule has 1 fully saturated rings. The molecule has 4 nitrogen and oxygen atoms in total. The van der Waals surface area contributed by atoms with Crippen molar-refractivity contribution in [1.29, 1.82) is 0 Å². The van der Waals surface area contributed by atoms with E-state index in [1.807, 2.05) is 6.92 Å². The monoisotopic (exact) mass is 185 g/mol. The maximum atomic E-state index is 10.8. The lowest BCUT2D eigenvalue weighted by Crippen LogP contribution is -2.67. The molecule has 1 amide bonds. The first-order valence-corrected chi connectivity index (χ1v) is 4.77. The van der Waals surface area contributed by atoms with E-state index in [1.54, 1.807) is 0 Å². The fraction of sp³-hybridized carbons (Fsp3) is 0.889. The lowest BCUT2D eigenvalue weighted by Gasteiger charge is -2.48. The van der Waals surface area contributed by atoms with E-state index in [1.165, 1.54) is 0 Å². The van der Waals surface area contributed by atoms with Crippen molar-refractivity contribution in [2.24, 2.45) is 17.4 Å². The lowest BCUT2D eigenvalue weighted by molar-refractivity contribution is -0.122. The molecule has 1 unspecified atom stereocenters. The van der Waals surface area contributed by atoms with Crippen LogP contribution in [0.3, 0.4) is 0 Å². The van der Waals surface area contributed by atoms with Gasteiger partial charge in [0.2, 0.25) is 5.91 Å². The van der Waals surface area contributed by atoms with Crippen LogP contribution in [-0.2, 0) is 4.79 Å². The van der Waals surface area contributed by atoms with Gasteiger partial charge >= 0.3 is 0 Å². The summed E-state index contributed by atoms with van der Waals surface area (Å²) in [5.41, 5.74) is 11.1. The molecule has 0 aromatic rings. The van der Waals surface area contributed by atoms with Gasteiger partial charge in [-0.1, -0.05) is 13.8 Å². The minimum absolute atomic E-state index is 0.0165. The Morgan fingerprint density at radius 2 is 2.15 bits per heavy atom. The molecule has 1 heterocycles. The quantitative estimate of drug-likeness (QED) is 0.622. The Morgan fingerprint density at radius 1 is 1.62 bits per heavy atom. The molecule has 1 aliphatic heterocycles. The third-order valence-corrected chi connectivity index (χ3v) is 2.80. The van der Waals surface area contributed by atoms with Crippen LogP contribution in [0.2, 0.25) is 0 Å². The topological polar surface area (TPSA) is 72.3 Å². The van der Waals surface area contributed by atoms with Crippen LogP contribution in [0.1, 0.15) is 20.3 Å². The molecule has 0 spiro atoms. The van der Waals surface area contributed by atoms with Gasteiger partial charge < -0.3 is 11.5 Å². The Balaban J connectivity index is 2.25. The molecule has 0 aromatic heterocycles. The molecule has 4 N–H and O–H groups in total. The van der Waals surface area contributed by atoms with E-state index >= 15 is 0 Å². The van der Waals surface area contributed by atoms with Crippen LogP contribution in [0, 0.1) is 5.92 Å². The molecular weight excluding hydrogens is 166 g/mol. The summed E-state index contributed by atoms with van der Waals surface area (Å²) in [4.78, 5) is 12.9. The minimum Gasteiger partial charge on any atom is -0.369 e. The molecule has 0 saturated carbocycles. The van der Waals surface area contributed by atoms with Crippen LogP contribution in [0.25, 0.3) is 0 Å². The molecule has 0 bridgehead atoms. The highest BCUT2D eigenvalue weighted by molar-refractivity contribution is 5.76. The van der Waals surface area contributed by atoms with Gasteiger partial charge in [0.15, 0.2) is 0 Å². The predicted octanol–water partition coefficient (Wildman–Crippen LogP) is -0.469. The van der Waals surface area contributed by atoms with Crippen molar-refractivity contribution in [1.82, 2.24) is 4.90 Å². The number of hydrogen-bond acceptors (Lipinski definition) is 3. The summed E-state index contributed by atoms with van der Waals surface area (Å²) in [5.74, 6) is -0.299. The predicted molar refractivity (Wildman–Crippen MR) is 52.0 cm³/mol. The average Bonchev–Trinajstić information content (AvgIpc) is 2.01. The molecule has 1 rings (SSSR count). The molecule has 1 atom stereocenters. The lowest BCUT2D eigenvalue weighted by atomic mass is 9.87. The smallest absolute Gasteiger partial charge is 0.221 e. The first-order chi connectivity index (χ1) is 5.97. The second-order valence-electron chi connectivity index (χ2n) is 4.19. The largest absolute Gasteiger partial charge is 0.369 e. The SMILES string of the molecule is CCC1(N)CN(CC(C)C(N)=O)C1. The number of rotatable bonds is 4. The van der Waals surface area contributed by atoms with E-state index in [-0.39, 0.29) is 17.4 Å². The van der Waals surface area contributed by atoms with Crippen molar-refractivity contribution in [3.63, 3.8) is 0 Å². The van der Waals surface area contributed by atoms with Crippen molar-refractivity contribution in [3.05, 3.63) is 0 Å². The summed E-state index contributed by atoms with van der Waals surface area (Å²) in [6, 6.07) is 0. The van der Waals surface area contributed by atoms with E-state index in [4.69, 9.17) is 11.5 Å². The molecule has 1 saturated heterocycles. The van der Waals surface area contributed by atoms with Gasteiger partial charge in [0.25, 0.3) is 0 Å². The van der Waals surface area contributed by atoms with Gasteiger partial charge in [0.05, 0.1) is 0 Å². The average molecular weight is 185 g/mol. The highest BCUT2D eigenvalue weighted by atomic mass is 16.1. The zero-order valence-electron chi connectivity index (χ0n) is 8.42. The third kappa shape index (κ3) is 2.42. The Hall–Kier alpha value is -0.610. The normalized spacial score (nSPS) is 23.6. The number of carbonyl (C=O) groups excluding carboxylic acids is 1. The van der Waals surface area contributed by atoms with Crippen LogP contribution in [0.15, 0.2) is 0 Å². The highest BCUT2D eigenvalue weighted by Gasteiger charge is 2.38. The molecule has 1 aliphatic rings. The van der Waals surface area contributed by atoms with Gasteiger partial charge in [-0.25, -0.2) is 0 Å². The van der Waals surface area contributed by atoms with Crippen LogP contribution in [0.5, 0.6) is 0 Å². The van der Waals surface area contributed by atoms with Gasteiger partial charge in [-0.15, -0.1) is 0 Å². The summed E-state index contributed by atoms with van der Waals surface area (Å²) >= 11 is 0. The molecular formula is C9H19N3O. The van der Waals surface area contributed by atoms with Gasteiger partial charge in [-0.2, -0.15) is 0 Å². The number of nitrogens with two attached hydrogens (primary N) is 2. The van der Waals surface area contributed by atoms with Gasteiger partial charge in [0, 0.05) is 31.1 Å². The number of likely N-dealkylation sites (tertiary alicyclic amines) is 1. The second-order valence-corrected chi connectivity index (χ2v) is 4.19. The Labute approximate surface area is 79.3 Å². The van der Waals surface area contributed by atoms with Crippen molar-refractivity contribution >= 4 is 5.91 Å². The van der Waals surface area contributed by atoms with E-state index in [9.17, 15) is 4.79 Å². The number of amides is 1. The van der Waals surface area contributed by atoms with Gasteiger partial charge in [-0.3, -0.25) is 9.69 Å². The fourth-order valence-electron chi connectivity index (χ4n) is 1.67. The standard InChI is InChI=1S/C9H19N3O/c1-3-9(11)5-12(6-9)4-7(2)8(10)13/h7H,3-6,11H2,1-2H3,(H2,10,13). The molecule has 76 valence electrons. The third-order valence-electron chi connectivity index (χ3n) is 2.80. The molecule has 13 heavy (non-hydrogen) atoms. The van der Waals surface area contributed by atoms with Crippen LogP contribution in [-0.4, -0.2) is 36.0 Å². The van der Waals surface area contributed by atoms with E-state index in [0.717, 1.165) is 26.1 Å². The number of nitrogens with zero attached hydrogens (tertiary/aromatic N) is 1. The van der Waals surface area contributed by atoms with Crippen LogP contribution >= 0.6 is 0 Å². The Morgan fingerprint density at radius 3 is 2.54 bits per heavy atom. The van der Waals surface area contributed by atoms with Gasteiger partial charge in [0.1, 0.15) is 0 Å². The summed E-state index contributed by atoms with van der Waals surface area (Å²) in [7, 11) is 0. The van der Waals surface area contributed by atoms with Crippen LogP contribution < -0.4 is 11.5 Å². The van der Waals surface area contributed by atoms with E-state index in [2.05, 4.69) is 11.8 Å². The van der Waals surface area contributed by atoms with Crippen molar-refractivity contribution < 1.29 is 4.79 Å². The summed E-state index contributed by atoms with van der Waals surface area (Å²) < 4.78 is 0. The highest BCUT2D eigenvalue weighted by Crippen LogP contribution is 2.21.